The second-order valence-corrected chi connectivity index (χ2v) is 8.30. The van der Waals surface area contributed by atoms with E-state index in [9.17, 15) is 14.4 Å². The summed E-state index contributed by atoms with van der Waals surface area (Å²) in [6.07, 6.45) is 1.44. The number of carbonyl (C=O) groups excluding carboxylic acids is 3. The van der Waals surface area contributed by atoms with Crippen molar-refractivity contribution in [3.8, 4) is 5.75 Å². The van der Waals surface area contributed by atoms with Crippen LogP contribution in [0.2, 0.25) is 0 Å². The van der Waals surface area contributed by atoms with E-state index < -0.39 is 11.8 Å². The quantitative estimate of drug-likeness (QED) is 0.311. The second-order valence-electron chi connectivity index (χ2n) is 7.92. The number of nitrogens with one attached hydrogen (secondary N) is 2. The van der Waals surface area contributed by atoms with E-state index in [2.05, 4.69) is 10.6 Å². The van der Waals surface area contributed by atoms with Gasteiger partial charge in [0, 0.05) is 11.3 Å². The van der Waals surface area contributed by atoms with Crippen LogP contribution in [0.15, 0.2) is 78.4 Å². The highest BCUT2D eigenvalue weighted by Crippen LogP contribution is 2.25. The van der Waals surface area contributed by atoms with Crippen molar-refractivity contribution >= 4 is 52.5 Å². The topological polar surface area (TPSA) is 87.7 Å². The normalized spacial score (nSPS) is 14.6. The van der Waals surface area contributed by atoms with Crippen molar-refractivity contribution in [3.63, 3.8) is 0 Å². The van der Waals surface area contributed by atoms with Crippen LogP contribution >= 0.6 is 12.2 Å². The lowest BCUT2D eigenvalue weighted by Crippen LogP contribution is -2.54. The minimum atomic E-state index is -0.602. The van der Waals surface area contributed by atoms with Gasteiger partial charge in [-0.1, -0.05) is 48.5 Å². The summed E-state index contributed by atoms with van der Waals surface area (Å²) in [5.74, 6) is -1.12. The van der Waals surface area contributed by atoms with Crippen LogP contribution in [0.3, 0.4) is 0 Å². The molecule has 3 amide bonds. The van der Waals surface area contributed by atoms with Gasteiger partial charge >= 0.3 is 0 Å². The molecule has 1 aliphatic heterocycles. The molecule has 4 rings (SSSR count). The maximum absolute atomic E-state index is 13.2. The second kappa shape index (κ2) is 10.3. The summed E-state index contributed by atoms with van der Waals surface area (Å²) in [5.41, 5.74) is 3.69. The van der Waals surface area contributed by atoms with E-state index >= 15 is 0 Å². The fourth-order valence-electron chi connectivity index (χ4n) is 3.57. The predicted octanol–water partition coefficient (Wildman–Crippen LogP) is 4.15. The van der Waals surface area contributed by atoms with Gasteiger partial charge in [0.05, 0.1) is 5.69 Å². The fourth-order valence-corrected chi connectivity index (χ4v) is 3.85. The first-order chi connectivity index (χ1) is 16.8. The van der Waals surface area contributed by atoms with Crippen LogP contribution in [-0.2, 0) is 14.4 Å². The van der Waals surface area contributed by atoms with Crippen LogP contribution in [0.25, 0.3) is 6.08 Å². The summed E-state index contributed by atoms with van der Waals surface area (Å²) in [5, 5.41) is 5.42. The maximum atomic E-state index is 13.2. The van der Waals surface area contributed by atoms with Gasteiger partial charge in [0.2, 0.25) is 0 Å². The highest BCUT2D eigenvalue weighted by Gasteiger charge is 2.34. The largest absolute Gasteiger partial charge is 0.483 e. The van der Waals surface area contributed by atoms with Gasteiger partial charge in [0.1, 0.15) is 11.3 Å². The molecule has 0 bridgehead atoms. The molecule has 176 valence electrons. The van der Waals surface area contributed by atoms with Gasteiger partial charge in [-0.15, -0.1) is 0 Å². The molecule has 8 heteroatoms. The van der Waals surface area contributed by atoms with Crippen LogP contribution in [0.1, 0.15) is 16.7 Å². The average molecular weight is 486 g/mol. The number of hydrogen-bond donors (Lipinski definition) is 2. The monoisotopic (exact) mass is 485 g/mol. The van der Waals surface area contributed by atoms with Gasteiger partial charge in [-0.2, -0.15) is 0 Å². The smallest absolute Gasteiger partial charge is 0.270 e. The number of rotatable bonds is 6. The average Bonchev–Trinajstić information content (AvgIpc) is 2.84. The molecule has 1 saturated heterocycles. The zero-order valence-corrected chi connectivity index (χ0v) is 20.0. The molecule has 2 N–H and O–H groups in total. The Balaban J connectivity index is 1.54. The highest BCUT2D eigenvalue weighted by atomic mass is 32.1. The van der Waals surface area contributed by atoms with E-state index in [0.717, 1.165) is 16.8 Å². The first kappa shape index (κ1) is 23.8. The van der Waals surface area contributed by atoms with Crippen LogP contribution in [0.5, 0.6) is 5.75 Å². The fraction of sp³-hybridized carbons (Fsp3) is 0.111. The number of anilines is 2. The molecule has 1 heterocycles. The van der Waals surface area contributed by atoms with Crippen molar-refractivity contribution in [2.45, 2.75) is 13.8 Å². The molecule has 0 spiro atoms. The van der Waals surface area contributed by atoms with Crippen molar-refractivity contribution in [1.82, 2.24) is 5.32 Å². The minimum Gasteiger partial charge on any atom is -0.483 e. The molecule has 1 aliphatic rings. The van der Waals surface area contributed by atoms with Gasteiger partial charge in [-0.25, -0.2) is 0 Å². The van der Waals surface area contributed by atoms with Crippen molar-refractivity contribution in [2.24, 2.45) is 0 Å². The molecule has 7 nitrogen and oxygen atoms in total. The zero-order valence-electron chi connectivity index (χ0n) is 19.2. The summed E-state index contributed by atoms with van der Waals surface area (Å²) in [6, 6.07) is 21.4. The molecule has 0 unspecified atom stereocenters. The van der Waals surface area contributed by atoms with Crippen molar-refractivity contribution in [2.75, 3.05) is 16.8 Å². The van der Waals surface area contributed by atoms with Crippen LogP contribution in [-0.4, -0.2) is 29.4 Å². The summed E-state index contributed by atoms with van der Waals surface area (Å²) < 4.78 is 5.75. The Morgan fingerprint density at radius 1 is 1.00 bits per heavy atom. The number of nitrogens with zero attached hydrogens (tertiary/aromatic N) is 1. The van der Waals surface area contributed by atoms with Gasteiger partial charge in [0.25, 0.3) is 17.7 Å². The zero-order chi connectivity index (χ0) is 24.9. The summed E-state index contributed by atoms with van der Waals surface area (Å²) in [6.45, 7) is 3.66. The van der Waals surface area contributed by atoms with Gasteiger partial charge in [-0.3, -0.25) is 24.6 Å². The number of thiocarbonyl (C=S) groups is 1. The molecule has 1 fully saturated rings. The Morgan fingerprint density at radius 3 is 2.49 bits per heavy atom. The number of amides is 3. The van der Waals surface area contributed by atoms with Crippen molar-refractivity contribution in [3.05, 3.63) is 95.1 Å². The first-order valence-corrected chi connectivity index (χ1v) is 11.3. The van der Waals surface area contributed by atoms with Gasteiger partial charge in [0.15, 0.2) is 11.7 Å². The van der Waals surface area contributed by atoms with Crippen LogP contribution < -0.4 is 20.3 Å². The van der Waals surface area contributed by atoms with Crippen LogP contribution in [0, 0.1) is 13.8 Å². The summed E-state index contributed by atoms with van der Waals surface area (Å²) in [4.78, 5) is 39.6. The molecule has 3 aromatic rings. The Morgan fingerprint density at radius 2 is 1.71 bits per heavy atom. The van der Waals surface area contributed by atoms with Gasteiger partial charge < -0.3 is 10.1 Å². The molecular formula is C27H23N3O4S. The number of para-hydroxylation sites is 2. The van der Waals surface area contributed by atoms with E-state index in [1.165, 1.54) is 11.0 Å². The number of aryl methyl sites for hydroxylation is 1. The molecule has 3 aromatic carbocycles. The lowest BCUT2D eigenvalue weighted by molar-refractivity contribution is -0.122. The minimum absolute atomic E-state index is 0.0102. The van der Waals surface area contributed by atoms with Gasteiger partial charge in [-0.05, 0) is 67.5 Å². The van der Waals surface area contributed by atoms with E-state index in [1.807, 2.05) is 38.1 Å². The SMILES string of the molecule is Cc1cccc(NC(=O)COc2ccccc2/C=C2/C(=O)NC(=S)N(c3ccccc3)C2=O)c1C. The molecular weight excluding hydrogens is 462 g/mol. The standard InChI is InChI=1S/C27H23N3O4S/c1-17-9-8-13-22(18(17)2)28-24(31)16-34-23-14-7-6-10-19(23)15-21-25(32)29-27(35)30(26(21)33)20-11-4-3-5-12-20/h3-15H,16H2,1-2H3,(H,28,31)(H,29,32,35)/b21-15-. The number of hydrogen-bond acceptors (Lipinski definition) is 5. The third-order valence-corrected chi connectivity index (χ3v) is 5.86. The van der Waals surface area contributed by atoms with Crippen molar-refractivity contribution < 1.29 is 19.1 Å². The Kier molecular flexibility index (Phi) is 7.03. The van der Waals surface area contributed by atoms with E-state index in [0.29, 0.717) is 17.0 Å². The van der Waals surface area contributed by atoms with Crippen molar-refractivity contribution in [1.29, 1.82) is 0 Å². The third kappa shape index (κ3) is 5.28. The number of ether oxygens (including phenoxy) is 1. The third-order valence-electron chi connectivity index (χ3n) is 5.57. The highest BCUT2D eigenvalue weighted by molar-refractivity contribution is 7.80. The van der Waals surface area contributed by atoms with Crippen LogP contribution in [0.4, 0.5) is 11.4 Å². The van der Waals surface area contributed by atoms with E-state index in [4.69, 9.17) is 17.0 Å². The molecule has 0 atom stereocenters. The number of carbonyl (C=O) groups is 3. The Bertz CT molecular complexity index is 1350. The lowest BCUT2D eigenvalue weighted by Gasteiger charge is -2.28. The summed E-state index contributed by atoms with van der Waals surface area (Å²) in [7, 11) is 0. The number of benzene rings is 3. The molecule has 0 aromatic heterocycles. The first-order valence-electron chi connectivity index (χ1n) is 10.9. The van der Waals surface area contributed by atoms with E-state index in [1.54, 1.807) is 48.5 Å². The Labute approximate surface area is 208 Å². The summed E-state index contributed by atoms with van der Waals surface area (Å²) >= 11 is 5.22. The lowest BCUT2D eigenvalue weighted by atomic mass is 10.1. The molecule has 0 radical (unpaired) electrons. The molecule has 0 saturated carbocycles. The maximum Gasteiger partial charge on any atom is 0.270 e. The predicted molar refractivity (Wildman–Crippen MR) is 139 cm³/mol. The van der Waals surface area contributed by atoms with E-state index in [-0.39, 0.29) is 23.2 Å². The molecule has 35 heavy (non-hydrogen) atoms. The Hall–Kier alpha value is -4.30. The molecule has 0 aliphatic carbocycles.